The minimum Gasteiger partial charge on any atom is -0.385 e. The van der Waals surface area contributed by atoms with Gasteiger partial charge < -0.3 is 10.6 Å². The third-order valence-electron chi connectivity index (χ3n) is 3.31. The number of benzene rings is 3. The summed E-state index contributed by atoms with van der Waals surface area (Å²) < 4.78 is 0. The Kier molecular flexibility index (Phi) is 6.31. The predicted molar refractivity (Wildman–Crippen MR) is 98.7 cm³/mol. The summed E-state index contributed by atoms with van der Waals surface area (Å²) in [5.41, 5.74) is 2.42. The molecule has 114 valence electrons. The first-order valence-electron chi connectivity index (χ1n) is 7.85. The first-order valence-corrected chi connectivity index (χ1v) is 7.85. The lowest BCUT2D eigenvalue weighted by atomic mass is 10.1. The maximum Gasteiger partial charge on any atom is 0.0419 e. The van der Waals surface area contributed by atoms with Crippen molar-refractivity contribution in [3.8, 4) is 0 Å². The van der Waals surface area contributed by atoms with Crippen LogP contribution >= 0.6 is 0 Å². The Hall–Kier alpha value is -2.48. The van der Waals surface area contributed by atoms with Gasteiger partial charge in [0.15, 0.2) is 0 Å². The van der Waals surface area contributed by atoms with Crippen molar-refractivity contribution in [2.75, 3.05) is 23.7 Å². The normalized spacial score (nSPS) is 9.73. The highest BCUT2D eigenvalue weighted by atomic mass is 14.9. The summed E-state index contributed by atoms with van der Waals surface area (Å²) in [5.74, 6) is 0. The van der Waals surface area contributed by atoms with Crippen molar-refractivity contribution in [3.05, 3.63) is 72.8 Å². The Morgan fingerprint density at radius 1 is 0.636 bits per heavy atom. The van der Waals surface area contributed by atoms with Crippen LogP contribution in [-0.4, -0.2) is 13.1 Å². The van der Waals surface area contributed by atoms with Crippen LogP contribution in [0.25, 0.3) is 10.8 Å². The average Bonchev–Trinajstić information content (AvgIpc) is 2.57. The van der Waals surface area contributed by atoms with Gasteiger partial charge in [0.1, 0.15) is 0 Å². The van der Waals surface area contributed by atoms with Crippen LogP contribution in [0.1, 0.15) is 13.8 Å². The molecule has 0 spiro atoms. The van der Waals surface area contributed by atoms with Crippen LogP contribution in [-0.2, 0) is 0 Å². The molecule has 22 heavy (non-hydrogen) atoms. The topological polar surface area (TPSA) is 24.1 Å². The van der Waals surface area contributed by atoms with Gasteiger partial charge in [-0.25, -0.2) is 0 Å². The number of anilines is 2. The van der Waals surface area contributed by atoms with Gasteiger partial charge >= 0.3 is 0 Å². The molecule has 0 heterocycles. The molecule has 0 atom stereocenters. The number of hydrogen-bond acceptors (Lipinski definition) is 2. The Labute approximate surface area is 133 Å². The van der Waals surface area contributed by atoms with Gasteiger partial charge in [0, 0.05) is 29.9 Å². The first-order chi connectivity index (χ1) is 10.8. The lowest BCUT2D eigenvalue weighted by molar-refractivity contribution is 1.21. The van der Waals surface area contributed by atoms with Gasteiger partial charge in [-0.15, -0.1) is 0 Å². The number of fused-ring (bicyclic) bond motifs is 1. The molecule has 2 nitrogen and oxygen atoms in total. The lowest BCUT2D eigenvalue weighted by Gasteiger charge is -2.06. The Balaban J connectivity index is 0.000000172. The molecule has 0 aliphatic rings. The van der Waals surface area contributed by atoms with E-state index in [1.807, 2.05) is 18.2 Å². The smallest absolute Gasteiger partial charge is 0.0419 e. The average molecular weight is 292 g/mol. The van der Waals surface area contributed by atoms with Gasteiger partial charge in [0.2, 0.25) is 0 Å². The van der Waals surface area contributed by atoms with Crippen LogP contribution in [0, 0.1) is 0 Å². The molecule has 0 radical (unpaired) electrons. The van der Waals surface area contributed by atoms with Gasteiger partial charge in [-0.1, -0.05) is 54.6 Å². The van der Waals surface area contributed by atoms with E-state index in [-0.39, 0.29) is 0 Å². The monoisotopic (exact) mass is 292 g/mol. The number of nitrogens with one attached hydrogen (secondary N) is 2. The summed E-state index contributed by atoms with van der Waals surface area (Å²) >= 11 is 0. The molecule has 3 aromatic carbocycles. The summed E-state index contributed by atoms with van der Waals surface area (Å²) in [7, 11) is 0. The lowest BCUT2D eigenvalue weighted by Crippen LogP contribution is -1.96. The van der Waals surface area contributed by atoms with E-state index in [0.717, 1.165) is 13.1 Å². The molecule has 0 aromatic heterocycles. The molecule has 0 aliphatic heterocycles. The van der Waals surface area contributed by atoms with Gasteiger partial charge in [-0.05, 0) is 37.4 Å². The molecular weight excluding hydrogens is 268 g/mol. The minimum atomic E-state index is 0.966. The van der Waals surface area contributed by atoms with Crippen molar-refractivity contribution in [2.24, 2.45) is 0 Å². The minimum absolute atomic E-state index is 0.966. The Morgan fingerprint density at radius 3 is 2.00 bits per heavy atom. The van der Waals surface area contributed by atoms with E-state index in [9.17, 15) is 0 Å². The van der Waals surface area contributed by atoms with E-state index in [0.29, 0.717) is 0 Å². The Morgan fingerprint density at radius 2 is 1.27 bits per heavy atom. The fourth-order valence-electron chi connectivity index (χ4n) is 2.33. The van der Waals surface area contributed by atoms with Crippen LogP contribution in [0.5, 0.6) is 0 Å². The molecule has 2 N–H and O–H groups in total. The molecule has 0 bridgehead atoms. The van der Waals surface area contributed by atoms with Crippen molar-refractivity contribution in [1.29, 1.82) is 0 Å². The van der Waals surface area contributed by atoms with E-state index in [4.69, 9.17) is 0 Å². The highest BCUT2D eigenvalue weighted by Gasteiger charge is 1.96. The fraction of sp³-hybridized carbons (Fsp3) is 0.200. The SMILES string of the molecule is CCNc1cccc2ccccc12.CCNc1ccccc1. The molecule has 0 aliphatic carbocycles. The quantitative estimate of drug-likeness (QED) is 0.673. The van der Waals surface area contributed by atoms with Crippen LogP contribution in [0.2, 0.25) is 0 Å². The largest absolute Gasteiger partial charge is 0.385 e. The molecule has 2 heteroatoms. The Bertz CT molecular complexity index is 672. The maximum atomic E-state index is 3.35. The number of rotatable bonds is 4. The predicted octanol–water partition coefficient (Wildman–Crippen LogP) is 5.39. The van der Waals surface area contributed by atoms with Crippen LogP contribution in [0.15, 0.2) is 72.8 Å². The van der Waals surface area contributed by atoms with Gasteiger partial charge in [0.05, 0.1) is 0 Å². The second-order valence-electron chi connectivity index (χ2n) is 4.95. The summed E-state index contributed by atoms with van der Waals surface area (Å²) in [6.45, 7) is 6.16. The second-order valence-corrected chi connectivity index (χ2v) is 4.95. The number of para-hydroxylation sites is 1. The summed E-state index contributed by atoms with van der Waals surface area (Å²) in [4.78, 5) is 0. The molecule has 3 aromatic rings. The van der Waals surface area contributed by atoms with E-state index >= 15 is 0 Å². The van der Waals surface area contributed by atoms with Crippen LogP contribution in [0.3, 0.4) is 0 Å². The van der Waals surface area contributed by atoms with Crippen molar-refractivity contribution in [1.82, 2.24) is 0 Å². The first kappa shape index (κ1) is 15.9. The number of hydrogen-bond donors (Lipinski definition) is 2. The van der Waals surface area contributed by atoms with Gasteiger partial charge in [-0.2, -0.15) is 0 Å². The van der Waals surface area contributed by atoms with E-state index in [1.54, 1.807) is 0 Å². The molecule has 0 fully saturated rings. The second kappa shape index (κ2) is 8.73. The highest BCUT2D eigenvalue weighted by Crippen LogP contribution is 2.22. The summed E-state index contributed by atoms with van der Waals surface area (Å²) in [6.07, 6.45) is 0. The maximum absolute atomic E-state index is 3.35. The molecule has 0 amide bonds. The zero-order valence-electron chi connectivity index (χ0n) is 13.3. The third-order valence-corrected chi connectivity index (χ3v) is 3.31. The van der Waals surface area contributed by atoms with Gasteiger partial charge in [-0.3, -0.25) is 0 Å². The van der Waals surface area contributed by atoms with Crippen molar-refractivity contribution < 1.29 is 0 Å². The van der Waals surface area contributed by atoms with Crippen LogP contribution in [0.4, 0.5) is 11.4 Å². The van der Waals surface area contributed by atoms with E-state index < -0.39 is 0 Å². The van der Waals surface area contributed by atoms with E-state index in [2.05, 4.69) is 79.1 Å². The zero-order valence-corrected chi connectivity index (χ0v) is 13.3. The zero-order chi connectivity index (χ0) is 15.6. The van der Waals surface area contributed by atoms with Crippen molar-refractivity contribution >= 4 is 22.1 Å². The van der Waals surface area contributed by atoms with Crippen LogP contribution < -0.4 is 10.6 Å². The molecule has 3 rings (SSSR count). The third kappa shape index (κ3) is 4.52. The molecular formula is C20H24N2. The molecule has 0 saturated heterocycles. The summed E-state index contributed by atoms with van der Waals surface area (Å²) in [5, 5.41) is 9.15. The summed E-state index contributed by atoms with van der Waals surface area (Å²) in [6, 6.07) is 24.9. The van der Waals surface area contributed by atoms with Gasteiger partial charge in [0.25, 0.3) is 0 Å². The van der Waals surface area contributed by atoms with Crippen molar-refractivity contribution in [3.63, 3.8) is 0 Å². The highest BCUT2D eigenvalue weighted by molar-refractivity contribution is 5.93. The molecule has 0 unspecified atom stereocenters. The fourth-order valence-corrected chi connectivity index (χ4v) is 2.33. The van der Waals surface area contributed by atoms with E-state index in [1.165, 1.54) is 22.1 Å². The molecule has 0 saturated carbocycles. The standard InChI is InChI=1S/C12H13N.C8H11N/c1-2-13-12-9-5-7-10-6-3-4-8-11(10)12;1-2-9-8-6-4-3-5-7-8/h3-9,13H,2H2,1H3;3-7,9H,2H2,1H3. The van der Waals surface area contributed by atoms with Crippen molar-refractivity contribution in [2.45, 2.75) is 13.8 Å².